The van der Waals surface area contributed by atoms with Gasteiger partial charge in [0.2, 0.25) is 5.95 Å². The molecule has 0 fully saturated rings. The third kappa shape index (κ3) is 3.94. The van der Waals surface area contributed by atoms with Crippen molar-refractivity contribution >= 4 is 95.7 Å². The minimum atomic E-state index is 0.681. The van der Waals surface area contributed by atoms with Crippen LogP contribution in [0.3, 0.4) is 0 Å². The third-order valence-corrected chi connectivity index (χ3v) is 12.1. The molecule has 11 aromatic rings. The van der Waals surface area contributed by atoms with Crippen molar-refractivity contribution in [2.75, 3.05) is 0 Å². The topological polar surface area (TPSA) is 30.7 Å². The van der Waals surface area contributed by atoms with E-state index in [1.165, 1.54) is 57.5 Å². The number of fused-ring (bicyclic) bond motifs is 10. The fourth-order valence-electron chi connectivity index (χ4n) is 7.65. The maximum atomic E-state index is 5.49. The van der Waals surface area contributed by atoms with E-state index in [9.17, 15) is 0 Å². The number of benzene rings is 7. The van der Waals surface area contributed by atoms with Gasteiger partial charge in [-0.2, -0.15) is 0 Å². The number of hydrogen-bond donors (Lipinski definition) is 0. The Morgan fingerprint density at radius 2 is 1.12 bits per heavy atom. The molecule has 0 atom stereocenters. The Morgan fingerprint density at radius 1 is 0.469 bits per heavy atom. The summed E-state index contributed by atoms with van der Waals surface area (Å²) in [4.78, 5) is 11.0. The van der Waals surface area contributed by atoms with E-state index in [0.29, 0.717) is 5.95 Å². The number of rotatable bonds is 3. The summed E-state index contributed by atoms with van der Waals surface area (Å²) in [5.41, 5.74) is 7.65. The first-order valence-corrected chi connectivity index (χ1v) is 18.1. The maximum absolute atomic E-state index is 5.49. The average Bonchev–Trinajstić information content (AvgIpc) is 3.83. The number of para-hydroxylation sites is 1. The molecule has 0 bridgehead atoms. The Labute approximate surface area is 289 Å². The van der Waals surface area contributed by atoms with Crippen molar-refractivity contribution < 1.29 is 0 Å². The van der Waals surface area contributed by atoms with Gasteiger partial charge in [-0.3, -0.25) is 4.57 Å². The predicted molar refractivity (Wildman–Crippen MR) is 211 cm³/mol. The SMILES string of the molecule is c1ccc(-c2nc(-n3c4cc5ccccc5cc4c4cccc(-c5cccc6sc7ccccc7c56)c43)nc3c2sc2ccccc23)cc1. The van der Waals surface area contributed by atoms with Crippen molar-refractivity contribution in [1.29, 1.82) is 0 Å². The van der Waals surface area contributed by atoms with Crippen molar-refractivity contribution in [2.24, 2.45) is 0 Å². The molecule has 0 radical (unpaired) electrons. The van der Waals surface area contributed by atoms with E-state index < -0.39 is 0 Å². The summed E-state index contributed by atoms with van der Waals surface area (Å²) in [5.74, 6) is 0.681. The highest BCUT2D eigenvalue weighted by Gasteiger charge is 2.23. The first-order valence-electron chi connectivity index (χ1n) is 16.4. The van der Waals surface area contributed by atoms with Gasteiger partial charge in [-0.05, 0) is 46.7 Å². The molecule has 0 aliphatic heterocycles. The van der Waals surface area contributed by atoms with Crippen LogP contribution < -0.4 is 0 Å². The van der Waals surface area contributed by atoms with Crippen molar-refractivity contribution in [3.05, 3.63) is 152 Å². The number of nitrogens with zero attached hydrogens (tertiary/aromatic N) is 3. The first kappa shape index (κ1) is 27.1. The Bertz CT molecular complexity index is 3110. The monoisotopic (exact) mass is 659 g/mol. The Balaban J connectivity index is 1.34. The molecule has 4 aromatic heterocycles. The Hall–Kier alpha value is -5.88. The average molecular weight is 660 g/mol. The molecule has 228 valence electrons. The van der Waals surface area contributed by atoms with Crippen molar-refractivity contribution in [3.63, 3.8) is 0 Å². The molecule has 0 aliphatic rings. The van der Waals surface area contributed by atoms with Crippen LogP contribution >= 0.6 is 22.7 Å². The lowest BCUT2D eigenvalue weighted by Gasteiger charge is -2.13. The van der Waals surface area contributed by atoms with Crippen LogP contribution in [0.15, 0.2) is 152 Å². The van der Waals surface area contributed by atoms with Crippen molar-refractivity contribution in [1.82, 2.24) is 14.5 Å². The summed E-state index contributed by atoms with van der Waals surface area (Å²) >= 11 is 3.62. The third-order valence-electron chi connectivity index (χ3n) is 9.80. The zero-order valence-corrected chi connectivity index (χ0v) is 27.7. The summed E-state index contributed by atoms with van der Waals surface area (Å²) in [6.07, 6.45) is 0. The Kier molecular flexibility index (Phi) is 5.70. The molecular weight excluding hydrogens is 635 g/mol. The molecule has 0 N–H and O–H groups in total. The van der Waals surface area contributed by atoms with Crippen molar-refractivity contribution in [3.8, 4) is 28.3 Å². The second kappa shape index (κ2) is 10.3. The van der Waals surface area contributed by atoms with Crippen LogP contribution in [0.25, 0.3) is 101 Å². The summed E-state index contributed by atoms with van der Waals surface area (Å²) in [5, 5.41) is 8.53. The minimum Gasteiger partial charge on any atom is -0.277 e. The van der Waals surface area contributed by atoms with Gasteiger partial charge in [0.15, 0.2) is 0 Å². The molecule has 7 aromatic carbocycles. The van der Waals surface area contributed by atoms with Crippen LogP contribution in [0.2, 0.25) is 0 Å². The van der Waals surface area contributed by atoms with Crippen molar-refractivity contribution in [2.45, 2.75) is 0 Å². The molecule has 0 spiro atoms. The highest BCUT2D eigenvalue weighted by Crippen LogP contribution is 2.45. The fourth-order valence-corrected chi connectivity index (χ4v) is 9.93. The smallest absolute Gasteiger partial charge is 0.235 e. The molecule has 3 nitrogen and oxygen atoms in total. The van der Waals surface area contributed by atoms with E-state index >= 15 is 0 Å². The van der Waals surface area contributed by atoms with Crippen LogP contribution in [0.1, 0.15) is 0 Å². The van der Waals surface area contributed by atoms with Crippen LogP contribution in [-0.2, 0) is 0 Å². The lowest BCUT2D eigenvalue weighted by Crippen LogP contribution is -2.03. The van der Waals surface area contributed by atoms with Crippen LogP contribution in [0, 0.1) is 0 Å². The summed E-state index contributed by atoms with van der Waals surface area (Å²) < 4.78 is 7.24. The molecule has 49 heavy (non-hydrogen) atoms. The van der Waals surface area contributed by atoms with Gasteiger partial charge in [-0.1, -0.05) is 121 Å². The maximum Gasteiger partial charge on any atom is 0.235 e. The standard InChI is InChI=1S/C44H25N3S2/c1-2-12-26(13-3-1)40-43-41(33-17-7-9-22-37(33)49-43)46-44(45-40)47-35-25-28-15-5-4-14-27(28)24-34(35)31-20-10-19-30(42(31)47)29-18-11-23-38-39(29)32-16-6-8-21-36(32)48-38/h1-25H. The zero-order valence-electron chi connectivity index (χ0n) is 26.1. The van der Waals surface area contributed by atoms with Gasteiger partial charge in [-0.15, -0.1) is 22.7 Å². The van der Waals surface area contributed by atoms with Gasteiger partial charge in [0.25, 0.3) is 0 Å². The van der Waals surface area contributed by atoms with E-state index in [1.807, 2.05) is 11.3 Å². The Morgan fingerprint density at radius 3 is 1.98 bits per heavy atom. The molecule has 0 saturated carbocycles. The zero-order chi connectivity index (χ0) is 32.1. The van der Waals surface area contributed by atoms with Gasteiger partial charge in [0, 0.05) is 52.2 Å². The van der Waals surface area contributed by atoms with Crippen LogP contribution in [0.5, 0.6) is 0 Å². The van der Waals surface area contributed by atoms with Crippen LogP contribution in [0.4, 0.5) is 0 Å². The lowest BCUT2D eigenvalue weighted by atomic mass is 9.97. The van der Waals surface area contributed by atoms with Crippen LogP contribution in [-0.4, -0.2) is 14.5 Å². The highest BCUT2D eigenvalue weighted by atomic mass is 32.1. The highest BCUT2D eigenvalue weighted by molar-refractivity contribution is 7.26. The molecule has 0 aliphatic carbocycles. The predicted octanol–water partition coefficient (Wildman–Crippen LogP) is 12.8. The number of aromatic nitrogens is 3. The van der Waals surface area contributed by atoms with E-state index in [-0.39, 0.29) is 0 Å². The van der Waals surface area contributed by atoms with E-state index in [0.717, 1.165) is 37.9 Å². The lowest BCUT2D eigenvalue weighted by molar-refractivity contribution is 1.02. The minimum absolute atomic E-state index is 0.681. The quantitative estimate of drug-likeness (QED) is 0.189. The number of thiophene rings is 2. The molecule has 0 unspecified atom stereocenters. The van der Waals surface area contributed by atoms with Gasteiger partial charge in [0.05, 0.1) is 26.9 Å². The molecule has 11 rings (SSSR count). The van der Waals surface area contributed by atoms with E-state index in [1.54, 1.807) is 11.3 Å². The van der Waals surface area contributed by atoms with Gasteiger partial charge in [0.1, 0.15) is 0 Å². The second-order valence-corrected chi connectivity index (χ2v) is 14.7. The summed E-state index contributed by atoms with van der Waals surface area (Å²) in [7, 11) is 0. The fraction of sp³-hybridized carbons (Fsp3) is 0. The molecule has 0 amide bonds. The van der Waals surface area contributed by atoms with Gasteiger partial charge in [-0.25, -0.2) is 9.97 Å². The van der Waals surface area contributed by atoms with E-state index in [2.05, 4.69) is 156 Å². The molecule has 0 saturated heterocycles. The molecule has 4 heterocycles. The first-order chi connectivity index (χ1) is 24.3. The van der Waals surface area contributed by atoms with E-state index in [4.69, 9.17) is 9.97 Å². The van der Waals surface area contributed by atoms with Gasteiger partial charge >= 0.3 is 0 Å². The summed E-state index contributed by atoms with van der Waals surface area (Å²) in [6.45, 7) is 0. The van der Waals surface area contributed by atoms with Gasteiger partial charge < -0.3 is 0 Å². The second-order valence-electron chi connectivity index (χ2n) is 12.5. The molecular formula is C44H25N3S2. The summed E-state index contributed by atoms with van der Waals surface area (Å²) in [6, 6.07) is 54.6. The molecule has 5 heteroatoms. The largest absolute Gasteiger partial charge is 0.277 e. The normalized spacial score (nSPS) is 12.1. The number of hydrogen-bond acceptors (Lipinski definition) is 4.